The first-order valence-corrected chi connectivity index (χ1v) is 8.08. The Morgan fingerprint density at radius 2 is 1.83 bits per heavy atom. The minimum absolute atomic E-state index is 0.0693. The lowest BCUT2D eigenvalue weighted by Crippen LogP contribution is -2.27. The van der Waals surface area contributed by atoms with Crippen molar-refractivity contribution in [3.05, 3.63) is 46.0 Å². The molecule has 0 radical (unpaired) electrons. The van der Waals surface area contributed by atoms with Crippen LogP contribution < -0.4 is 0 Å². The number of nitro groups is 1. The van der Waals surface area contributed by atoms with Crippen molar-refractivity contribution in [2.24, 2.45) is 5.41 Å². The lowest BCUT2D eigenvalue weighted by atomic mass is 9.93. The Kier molecular flexibility index (Phi) is 7.20. The van der Waals surface area contributed by atoms with Crippen LogP contribution in [0.4, 0.5) is 0 Å². The Hall–Kier alpha value is -1.91. The molecule has 0 amide bonds. The maximum absolute atomic E-state index is 11.8. The van der Waals surface area contributed by atoms with E-state index in [1.165, 1.54) is 0 Å². The molecular formula is C18H27NO4. The summed E-state index contributed by atoms with van der Waals surface area (Å²) in [7, 11) is 0. The molecule has 0 heterocycles. The summed E-state index contributed by atoms with van der Waals surface area (Å²) in [6.07, 6.45) is 2.03. The highest BCUT2D eigenvalue weighted by Gasteiger charge is 2.25. The number of rotatable bonds is 8. The van der Waals surface area contributed by atoms with Crippen molar-refractivity contribution in [2.45, 2.75) is 59.0 Å². The highest BCUT2D eigenvalue weighted by Crippen LogP contribution is 2.24. The quantitative estimate of drug-likeness (QED) is 0.409. The summed E-state index contributed by atoms with van der Waals surface area (Å²) in [4.78, 5) is 22.4. The zero-order chi connectivity index (χ0) is 17.5. The van der Waals surface area contributed by atoms with Crippen LogP contribution in [0.25, 0.3) is 0 Å². The Balaban J connectivity index is 2.49. The zero-order valence-electron chi connectivity index (χ0n) is 14.5. The molecule has 5 nitrogen and oxygen atoms in total. The van der Waals surface area contributed by atoms with Crippen molar-refractivity contribution in [1.82, 2.24) is 0 Å². The second-order valence-corrected chi connectivity index (χ2v) is 7.02. The van der Waals surface area contributed by atoms with Crippen molar-refractivity contribution in [3.8, 4) is 0 Å². The molecule has 1 aromatic carbocycles. The number of esters is 1. The molecular weight excluding hydrogens is 294 g/mol. The number of hydrogen-bond donors (Lipinski definition) is 0. The predicted molar refractivity (Wildman–Crippen MR) is 89.9 cm³/mol. The van der Waals surface area contributed by atoms with Gasteiger partial charge in [0.25, 0.3) is 0 Å². The van der Waals surface area contributed by atoms with Crippen LogP contribution in [0.15, 0.2) is 30.3 Å². The second-order valence-electron chi connectivity index (χ2n) is 7.02. The van der Waals surface area contributed by atoms with E-state index in [1.807, 2.05) is 58.0 Å². The molecule has 0 bridgehead atoms. The standard InChI is InChI=1S/C18H27NO4/c1-14(23-17(20)18(2,3)4)9-8-12-16(13-19(21)22)15-10-6-5-7-11-15/h5-7,10-11,14,16H,8-9,12-13H2,1-4H3. The van der Waals surface area contributed by atoms with Gasteiger partial charge in [0.05, 0.1) is 11.5 Å². The van der Waals surface area contributed by atoms with Gasteiger partial charge in [-0.3, -0.25) is 14.9 Å². The highest BCUT2D eigenvalue weighted by atomic mass is 16.6. The van der Waals surface area contributed by atoms with Crippen LogP contribution in [0.5, 0.6) is 0 Å². The van der Waals surface area contributed by atoms with E-state index in [-0.39, 0.29) is 29.5 Å². The van der Waals surface area contributed by atoms with E-state index in [4.69, 9.17) is 4.74 Å². The molecule has 23 heavy (non-hydrogen) atoms. The lowest BCUT2D eigenvalue weighted by Gasteiger charge is -2.21. The fourth-order valence-corrected chi connectivity index (χ4v) is 2.34. The van der Waals surface area contributed by atoms with Gasteiger partial charge >= 0.3 is 5.97 Å². The van der Waals surface area contributed by atoms with E-state index >= 15 is 0 Å². The average molecular weight is 321 g/mol. The van der Waals surface area contributed by atoms with Gasteiger partial charge in [0, 0.05) is 10.8 Å². The van der Waals surface area contributed by atoms with E-state index < -0.39 is 5.41 Å². The van der Waals surface area contributed by atoms with Crippen LogP contribution in [0.2, 0.25) is 0 Å². The predicted octanol–water partition coefficient (Wildman–Crippen LogP) is 4.20. The average Bonchev–Trinajstić information content (AvgIpc) is 2.45. The second kappa shape index (κ2) is 8.65. The van der Waals surface area contributed by atoms with E-state index in [9.17, 15) is 14.9 Å². The van der Waals surface area contributed by atoms with Crippen molar-refractivity contribution in [2.75, 3.05) is 6.54 Å². The van der Waals surface area contributed by atoms with Gasteiger partial charge in [0.15, 0.2) is 0 Å². The first kappa shape index (κ1) is 19.1. The molecule has 2 unspecified atom stereocenters. The maximum Gasteiger partial charge on any atom is 0.311 e. The summed E-state index contributed by atoms with van der Waals surface area (Å²) in [5, 5.41) is 10.9. The molecule has 0 aliphatic carbocycles. The molecule has 0 fully saturated rings. The number of benzene rings is 1. The Bertz CT molecular complexity index is 508. The van der Waals surface area contributed by atoms with E-state index in [0.717, 1.165) is 12.0 Å². The van der Waals surface area contributed by atoms with Crippen LogP contribution in [-0.4, -0.2) is 23.5 Å². The molecule has 128 valence electrons. The zero-order valence-corrected chi connectivity index (χ0v) is 14.5. The third-order valence-electron chi connectivity index (χ3n) is 3.72. The SMILES string of the molecule is CC(CCCC(C[N+](=O)[O-])c1ccccc1)OC(=O)C(C)(C)C. The van der Waals surface area contributed by atoms with Gasteiger partial charge < -0.3 is 4.74 Å². The van der Waals surface area contributed by atoms with Gasteiger partial charge in [0.1, 0.15) is 0 Å². The Morgan fingerprint density at radius 3 is 2.35 bits per heavy atom. The topological polar surface area (TPSA) is 69.4 Å². The van der Waals surface area contributed by atoms with E-state index in [2.05, 4.69) is 0 Å². The smallest absolute Gasteiger partial charge is 0.311 e. The minimum atomic E-state index is -0.507. The van der Waals surface area contributed by atoms with Gasteiger partial charge in [-0.2, -0.15) is 0 Å². The van der Waals surface area contributed by atoms with Crippen LogP contribution >= 0.6 is 0 Å². The van der Waals surface area contributed by atoms with Crippen LogP contribution in [0, 0.1) is 15.5 Å². The highest BCUT2D eigenvalue weighted by molar-refractivity contribution is 5.75. The van der Waals surface area contributed by atoms with Crippen molar-refractivity contribution < 1.29 is 14.5 Å². The van der Waals surface area contributed by atoms with Gasteiger partial charge in [-0.25, -0.2) is 0 Å². The van der Waals surface area contributed by atoms with E-state index in [0.29, 0.717) is 12.8 Å². The van der Waals surface area contributed by atoms with Gasteiger partial charge in [-0.1, -0.05) is 30.3 Å². The summed E-state index contributed by atoms with van der Waals surface area (Å²) >= 11 is 0. The molecule has 0 spiro atoms. The van der Waals surface area contributed by atoms with Crippen LogP contribution in [0.3, 0.4) is 0 Å². The first-order chi connectivity index (χ1) is 10.7. The van der Waals surface area contributed by atoms with Gasteiger partial charge in [0.2, 0.25) is 6.54 Å². The number of ether oxygens (including phenoxy) is 1. The summed E-state index contributed by atoms with van der Waals surface area (Å²) < 4.78 is 5.41. The summed E-state index contributed by atoms with van der Waals surface area (Å²) in [5.74, 6) is -0.313. The Morgan fingerprint density at radius 1 is 1.22 bits per heavy atom. The number of carbonyl (C=O) groups is 1. The molecule has 2 atom stereocenters. The summed E-state index contributed by atoms with van der Waals surface area (Å²) in [6.45, 7) is 7.27. The summed E-state index contributed by atoms with van der Waals surface area (Å²) in [6, 6.07) is 9.56. The van der Waals surface area contributed by atoms with E-state index in [1.54, 1.807) is 0 Å². The molecule has 0 aliphatic heterocycles. The minimum Gasteiger partial charge on any atom is -0.462 e. The molecule has 5 heteroatoms. The first-order valence-electron chi connectivity index (χ1n) is 8.08. The number of carbonyl (C=O) groups excluding carboxylic acids is 1. The van der Waals surface area contributed by atoms with Crippen LogP contribution in [-0.2, 0) is 9.53 Å². The van der Waals surface area contributed by atoms with Crippen molar-refractivity contribution in [3.63, 3.8) is 0 Å². The largest absolute Gasteiger partial charge is 0.462 e. The van der Waals surface area contributed by atoms with Gasteiger partial charge in [-0.05, 0) is 52.5 Å². The molecule has 1 rings (SSSR count). The normalized spacial score (nSPS) is 14.1. The molecule has 0 saturated carbocycles. The third-order valence-corrected chi connectivity index (χ3v) is 3.72. The number of hydrogen-bond acceptors (Lipinski definition) is 4. The maximum atomic E-state index is 11.8. The fourth-order valence-electron chi connectivity index (χ4n) is 2.34. The lowest BCUT2D eigenvalue weighted by molar-refractivity contribution is -0.483. The Labute approximate surface area is 138 Å². The molecule has 0 aliphatic rings. The van der Waals surface area contributed by atoms with Crippen molar-refractivity contribution in [1.29, 1.82) is 0 Å². The fraction of sp³-hybridized carbons (Fsp3) is 0.611. The molecule has 1 aromatic rings. The van der Waals surface area contributed by atoms with Gasteiger partial charge in [-0.15, -0.1) is 0 Å². The number of nitrogens with zero attached hydrogens (tertiary/aromatic N) is 1. The van der Waals surface area contributed by atoms with Crippen molar-refractivity contribution >= 4 is 5.97 Å². The van der Waals surface area contributed by atoms with Crippen LogP contribution in [0.1, 0.15) is 58.4 Å². The third kappa shape index (κ3) is 7.26. The monoisotopic (exact) mass is 321 g/mol. The molecule has 0 N–H and O–H groups in total. The summed E-state index contributed by atoms with van der Waals surface area (Å²) in [5.41, 5.74) is 0.482. The molecule has 0 aromatic heterocycles. The molecule has 0 saturated heterocycles.